The van der Waals surface area contributed by atoms with Crippen molar-refractivity contribution in [3.8, 4) is 0 Å². The third-order valence-electron chi connectivity index (χ3n) is 3.72. The lowest BCUT2D eigenvalue weighted by atomic mass is 9.99. The molecule has 0 spiro atoms. The molecule has 4 N–H and O–H groups in total. The summed E-state index contributed by atoms with van der Waals surface area (Å²) >= 11 is 1.39. The molecule has 1 aromatic carbocycles. The summed E-state index contributed by atoms with van der Waals surface area (Å²) in [6, 6.07) is 10.0. The fraction of sp³-hybridized carbons (Fsp3) is 0.294. The molecule has 0 aliphatic heterocycles. The summed E-state index contributed by atoms with van der Waals surface area (Å²) in [6.45, 7) is 3.95. The third-order valence-corrected chi connectivity index (χ3v) is 4.58. The molecule has 2 aromatic rings. The lowest BCUT2D eigenvalue weighted by Gasteiger charge is -2.17. The molecule has 5 nitrogen and oxygen atoms in total. The smallest absolute Gasteiger partial charge is 0.265 e. The first-order chi connectivity index (χ1) is 11.0. The molecule has 0 bridgehead atoms. The van der Waals surface area contributed by atoms with Crippen LogP contribution >= 0.6 is 23.7 Å². The highest BCUT2D eigenvalue weighted by molar-refractivity contribution is 7.12. The van der Waals surface area contributed by atoms with Crippen LogP contribution in [0.5, 0.6) is 0 Å². The van der Waals surface area contributed by atoms with E-state index >= 15 is 0 Å². The van der Waals surface area contributed by atoms with Gasteiger partial charge in [0.15, 0.2) is 0 Å². The highest BCUT2D eigenvalue weighted by atomic mass is 35.5. The minimum absolute atomic E-state index is 0. The second-order valence-electron chi connectivity index (χ2n) is 5.41. The Morgan fingerprint density at radius 2 is 1.71 bits per heavy atom. The number of rotatable bonds is 6. The Hall–Kier alpha value is -1.89. The van der Waals surface area contributed by atoms with E-state index in [0.29, 0.717) is 16.3 Å². The third kappa shape index (κ3) is 5.33. The first-order valence-electron chi connectivity index (χ1n) is 7.52. The molecule has 0 aliphatic carbocycles. The van der Waals surface area contributed by atoms with Crippen molar-refractivity contribution in [3.63, 3.8) is 0 Å². The van der Waals surface area contributed by atoms with E-state index in [1.807, 2.05) is 25.3 Å². The zero-order valence-corrected chi connectivity index (χ0v) is 15.2. The van der Waals surface area contributed by atoms with Gasteiger partial charge in [0.1, 0.15) is 0 Å². The van der Waals surface area contributed by atoms with Gasteiger partial charge in [0.25, 0.3) is 5.91 Å². The van der Waals surface area contributed by atoms with E-state index in [-0.39, 0.29) is 30.1 Å². The van der Waals surface area contributed by atoms with E-state index in [9.17, 15) is 9.59 Å². The maximum atomic E-state index is 12.0. The molecular formula is C17H22ClN3O2S. The van der Waals surface area contributed by atoms with Crippen LogP contribution in [0.3, 0.4) is 0 Å². The average molecular weight is 368 g/mol. The fourth-order valence-corrected chi connectivity index (χ4v) is 2.59. The summed E-state index contributed by atoms with van der Waals surface area (Å²) in [4.78, 5) is 24.6. The van der Waals surface area contributed by atoms with Crippen molar-refractivity contribution < 1.29 is 9.59 Å². The molecule has 2 unspecified atom stereocenters. The molecule has 7 heteroatoms. The summed E-state index contributed by atoms with van der Waals surface area (Å²) in [7, 11) is 0. The van der Waals surface area contributed by atoms with Crippen LogP contribution in [-0.2, 0) is 4.79 Å². The van der Waals surface area contributed by atoms with Crippen LogP contribution in [0.15, 0.2) is 41.8 Å². The fourth-order valence-electron chi connectivity index (χ4n) is 1.98. The Kier molecular flexibility index (Phi) is 7.91. The maximum Gasteiger partial charge on any atom is 0.265 e. The second kappa shape index (κ2) is 9.42. The van der Waals surface area contributed by atoms with Gasteiger partial charge >= 0.3 is 0 Å². The lowest BCUT2D eigenvalue weighted by Crippen LogP contribution is -2.40. The van der Waals surface area contributed by atoms with Gasteiger partial charge in [-0.2, -0.15) is 0 Å². The second-order valence-corrected chi connectivity index (χ2v) is 6.36. The number of hydrogen-bond donors (Lipinski definition) is 3. The van der Waals surface area contributed by atoms with E-state index in [1.54, 1.807) is 30.3 Å². The number of anilines is 2. The first-order valence-corrected chi connectivity index (χ1v) is 8.40. The van der Waals surface area contributed by atoms with Crippen LogP contribution in [0, 0.1) is 5.92 Å². The van der Waals surface area contributed by atoms with Gasteiger partial charge in [-0.25, -0.2) is 0 Å². The number of carbonyl (C=O) groups excluding carboxylic acids is 2. The number of hydrogen-bond acceptors (Lipinski definition) is 4. The highest BCUT2D eigenvalue weighted by Gasteiger charge is 2.19. The quantitative estimate of drug-likeness (QED) is 0.727. The van der Waals surface area contributed by atoms with Crippen LogP contribution < -0.4 is 16.4 Å². The van der Waals surface area contributed by atoms with Crippen molar-refractivity contribution in [1.29, 1.82) is 0 Å². The zero-order chi connectivity index (χ0) is 16.8. The molecule has 1 aromatic heterocycles. The van der Waals surface area contributed by atoms with Crippen LogP contribution in [-0.4, -0.2) is 17.9 Å². The van der Waals surface area contributed by atoms with Gasteiger partial charge < -0.3 is 16.4 Å². The zero-order valence-electron chi connectivity index (χ0n) is 13.6. The summed E-state index contributed by atoms with van der Waals surface area (Å²) in [5.41, 5.74) is 7.23. The molecule has 0 fully saturated rings. The Morgan fingerprint density at radius 1 is 1.12 bits per heavy atom. The predicted molar refractivity (Wildman–Crippen MR) is 102 cm³/mol. The van der Waals surface area contributed by atoms with Gasteiger partial charge in [0.2, 0.25) is 5.91 Å². The number of nitrogens with two attached hydrogens (primary N) is 1. The number of benzene rings is 1. The molecule has 2 amide bonds. The Balaban J connectivity index is 0.00000288. The van der Waals surface area contributed by atoms with Crippen molar-refractivity contribution in [3.05, 3.63) is 46.7 Å². The molecule has 0 radical (unpaired) electrons. The molecular weight excluding hydrogens is 346 g/mol. The van der Waals surface area contributed by atoms with Gasteiger partial charge in [-0.1, -0.05) is 26.3 Å². The Bertz CT molecular complexity index is 659. The number of amides is 2. The van der Waals surface area contributed by atoms with Crippen LogP contribution in [0.1, 0.15) is 29.9 Å². The minimum Gasteiger partial charge on any atom is -0.325 e. The van der Waals surface area contributed by atoms with E-state index in [4.69, 9.17) is 5.73 Å². The largest absolute Gasteiger partial charge is 0.325 e. The predicted octanol–water partition coefficient (Wildman–Crippen LogP) is 3.73. The summed E-state index contributed by atoms with van der Waals surface area (Å²) < 4.78 is 0. The number of halogens is 1. The standard InChI is InChI=1S/C17H21N3O2S.ClH/c1-3-11(2)15(18)17(22)20-13-8-6-12(7-9-13)19-16(21)14-5-4-10-23-14;/h4-11,15H,3,18H2,1-2H3,(H,19,21)(H,20,22);1H. The normalized spacial score (nSPS) is 12.6. The number of nitrogens with one attached hydrogen (secondary N) is 2. The molecule has 1 heterocycles. The van der Waals surface area contributed by atoms with Crippen LogP contribution in [0.25, 0.3) is 0 Å². The van der Waals surface area contributed by atoms with Gasteiger partial charge in [0.05, 0.1) is 10.9 Å². The first kappa shape index (κ1) is 20.2. The van der Waals surface area contributed by atoms with Crippen molar-refractivity contribution in [2.75, 3.05) is 10.6 Å². The van der Waals surface area contributed by atoms with E-state index < -0.39 is 6.04 Å². The van der Waals surface area contributed by atoms with Crippen LogP contribution in [0.2, 0.25) is 0 Å². The van der Waals surface area contributed by atoms with Gasteiger partial charge in [-0.05, 0) is 41.6 Å². The summed E-state index contributed by atoms with van der Waals surface area (Å²) in [5, 5.41) is 7.45. The maximum absolute atomic E-state index is 12.0. The molecule has 2 atom stereocenters. The van der Waals surface area contributed by atoms with E-state index in [2.05, 4.69) is 10.6 Å². The van der Waals surface area contributed by atoms with Crippen molar-refractivity contribution in [2.24, 2.45) is 11.7 Å². The van der Waals surface area contributed by atoms with Gasteiger partial charge in [0, 0.05) is 11.4 Å². The van der Waals surface area contributed by atoms with E-state index in [0.717, 1.165) is 6.42 Å². The SMILES string of the molecule is CCC(C)C(N)C(=O)Nc1ccc(NC(=O)c2cccs2)cc1.Cl. The topological polar surface area (TPSA) is 84.2 Å². The molecule has 2 rings (SSSR count). The average Bonchev–Trinajstić information content (AvgIpc) is 3.09. The van der Waals surface area contributed by atoms with Crippen molar-refractivity contribution in [1.82, 2.24) is 0 Å². The minimum atomic E-state index is -0.529. The number of thiophene rings is 1. The lowest BCUT2D eigenvalue weighted by molar-refractivity contribution is -0.118. The molecule has 130 valence electrons. The molecule has 0 saturated carbocycles. The Morgan fingerprint density at radius 3 is 2.21 bits per heavy atom. The van der Waals surface area contributed by atoms with Crippen LogP contribution in [0.4, 0.5) is 11.4 Å². The highest BCUT2D eigenvalue weighted by Crippen LogP contribution is 2.17. The Labute approximate surface area is 152 Å². The molecule has 0 aliphatic rings. The summed E-state index contributed by atoms with van der Waals surface area (Å²) in [5.74, 6) is -0.218. The van der Waals surface area contributed by atoms with Gasteiger partial charge in [-0.15, -0.1) is 23.7 Å². The van der Waals surface area contributed by atoms with E-state index in [1.165, 1.54) is 11.3 Å². The number of carbonyl (C=O) groups is 2. The van der Waals surface area contributed by atoms with Crippen molar-refractivity contribution in [2.45, 2.75) is 26.3 Å². The molecule has 0 saturated heterocycles. The van der Waals surface area contributed by atoms with Gasteiger partial charge in [-0.3, -0.25) is 9.59 Å². The van der Waals surface area contributed by atoms with Crippen molar-refractivity contribution >= 4 is 46.9 Å². The summed E-state index contributed by atoms with van der Waals surface area (Å²) in [6.07, 6.45) is 0.849. The monoisotopic (exact) mass is 367 g/mol. The molecule has 24 heavy (non-hydrogen) atoms.